The first-order chi connectivity index (χ1) is 9.68. The number of carbonyl (C=O) groups is 2. The fourth-order valence-electron chi connectivity index (χ4n) is 2.80. The minimum absolute atomic E-state index is 0.0474. The van der Waals surface area contributed by atoms with Crippen LogP contribution in [0.25, 0.3) is 0 Å². The van der Waals surface area contributed by atoms with Gasteiger partial charge in [-0.15, -0.1) is 0 Å². The second kappa shape index (κ2) is 6.53. The highest BCUT2D eigenvalue weighted by Crippen LogP contribution is 2.34. The van der Waals surface area contributed by atoms with E-state index in [4.69, 9.17) is 0 Å². The molecule has 1 unspecified atom stereocenters. The van der Waals surface area contributed by atoms with Gasteiger partial charge in [0.25, 0.3) is 0 Å². The number of urea groups is 1. The van der Waals surface area contributed by atoms with Gasteiger partial charge in [-0.2, -0.15) is 13.2 Å². The van der Waals surface area contributed by atoms with E-state index in [2.05, 4.69) is 0 Å². The number of carboxylic acids is 1. The van der Waals surface area contributed by atoms with E-state index in [-0.39, 0.29) is 25.9 Å². The van der Waals surface area contributed by atoms with Crippen LogP contribution in [0, 0.1) is 0 Å². The third-order valence-corrected chi connectivity index (χ3v) is 3.84. The maximum atomic E-state index is 12.6. The molecule has 0 bridgehead atoms. The van der Waals surface area contributed by atoms with Gasteiger partial charge in [0.15, 0.2) is 0 Å². The van der Waals surface area contributed by atoms with E-state index in [9.17, 15) is 27.9 Å². The average Bonchev–Trinajstić information content (AvgIpc) is 2.80. The first-order valence-electron chi connectivity index (χ1n) is 7.04. The van der Waals surface area contributed by atoms with Crippen LogP contribution < -0.4 is 0 Å². The highest BCUT2D eigenvalue weighted by molar-refractivity contribution is 5.87. The SMILES string of the molecule is CCCN(CC(F)(F)F)C(=O)N1CCCC1(CC)C(=O)O. The van der Waals surface area contributed by atoms with Gasteiger partial charge in [0, 0.05) is 13.1 Å². The molecule has 0 aliphatic carbocycles. The van der Waals surface area contributed by atoms with Crippen molar-refractivity contribution in [3.8, 4) is 0 Å². The van der Waals surface area contributed by atoms with Crippen molar-refractivity contribution in [3.05, 3.63) is 0 Å². The summed E-state index contributed by atoms with van der Waals surface area (Å²) in [5.74, 6) is -1.15. The molecule has 1 saturated heterocycles. The number of likely N-dealkylation sites (tertiary alicyclic amines) is 1. The molecule has 0 spiro atoms. The molecule has 1 heterocycles. The number of alkyl halides is 3. The van der Waals surface area contributed by atoms with E-state index in [1.807, 2.05) is 0 Å². The Kier molecular flexibility index (Phi) is 5.47. The zero-order chi connectivity index (χ0) is 16.3. The van der Waals surface area contributed by atoms with Crippen LogP contribution in [-0.2, 0) is 4.79 Å². The van der Waals surface area contributed by atoms with Gasteiger partial charge in [-0.05, 0) is 25.7 Å². The quantitative estimate of drug-likeness (QED) is 0.849. The Morgan fingerprint density at radius 2 is 1.95 bits per heavy atom. The summed E-state index contributed by atoms with van der Waals surface area (Å²) >= 11 is 0. The average molecular weight is 310 g/mol. The molecular formula is C13H21F3N2O3. The number of nitrogens with zero attached hydrogens (tertiary/aromatic N) is 2. The second-order valence-electron chi connectivity index (χ2n) is 5.26. The largest absolute Gasteiger partial charge is 0.479 e. The summed E-state index contributed by atoms with van der Waals surface area (Å²) in [6, 6.07) is -0.837. The molecule has 21 heavy (non-hydrogen) atoms. The molecule has 0 aromatic heterocycles. The van der Waals surface area contributed by atoms with E-state index < -0.39 is 30.3 Å². The summed E-state index contributed by atoms with van der Waals surface area (Å²) < 4.78 is 37.7. The number of amides is 2. The normalized spacial score (nSPS) is 22.4. The Bertz CT molecular complexity index is 401. The van der Waals surface area contributed by atoms with E-state index >= 15 is 0 Å². The standard InChI is InChI=1S/C13H21F3N2O3/c1-3-7-17(9-13(14,15)16)11(21)18-8-5-6-12(18,4-2)10(19)20/h3-9H2,1-2H3,(H,19,20). The van der Waals surface area contributed by atoms with Crippen LogP contribution in [0.15, 0.2) is 0 Å². The summed E-state index contributed by atoms with van der Waals surface area (Å²) in [7, 11) is 0. The number of halogens is 3. The van der Waals surface area contributed by atoms with Crippen molar-refractivity contribution in [2.24, 2.45) is 0 Å². The van der Waals surface area contributed by atoms with Crippen molar-refractivity contribution in [1.29, 1.82) is 0 Å². The summed E-state index contributed by atoms with van der Waals surface area (Å²) in [6.45, 7) is 2.08. The van der Waals surface area contributed by atoms with Gasteiger partial charge in [-0.1, -0.05) is 13.8 Å². The predicted octanol–water partition coefficient (Wildman–Crippen LogP) is 2.71. The van der Waals surface area contributed by atoms with Crippen LogP contribution in [0.2, 0.25) is 0 Å². The lowest BCUT2D eigenvalue weighted by Crippen LogP contribution is -2.57. The van der Waals surface area contributed by atoms with Crippen molar-refractivity contribution < 1.29 is 27.9 Å². The fourth-order valence-corrected chi connectivity index (χ4v) is 2.80. The molecule has 2 amide bonds. The van der Waals surface area contributed by atoms with Gasteiger partial charge in [-0.3, -0.25) is 0 Å². The van der Waals surface area contributed by atoms with Crippen LogP contribution in [0.1, 0.15) is 39.5 Å². The molecule has 1 N–H and O–H groups in total. The van der Waals surface area contributed by atoms with Gasteiger partial charge < -0.3 is 14.9 Å². The van der Waals surface area contributed by atoms with Crippen molar-refractivity contribution in [1.82, 2.24) is 9.80 Å². The molecule has 0 radical (unpaired) electrons. The summed E-state index contributed by atoms with van der Waals surface area (Å²) in [5.41, 5.74) is -1.38. The van der Waals surface area contributed by atoms with Crippen LogP contribution in [0.3, 0.4) is 0 Å². The molecule has 0 saturated carbocycles. The van der Waals surface area contributed by atoms with Crippen LogP contribution in [0.5, 0.6) is 0 Å². The number of carboxylic acid groups (broad SMARTS) is 1. The lowest BCUT2D eigenvalue weighted by Gasteiger charge is -2.37. The Morgan fingerprint density at radius 3 is 2.38 bits per heavy atom. The minimum atomic E-state index is -4.50. The lowest BCUT2D eigenvalue weighted by atomic mass is 9.93. The Balaban J connectivity index is 2.99. The molecule has 8 heteroatoms. The topological polar surface area (TPSA) is 60.9 Å². The van der Waals surface area contributed by atoms with Gasteiger partial charge in [0.1, 0.15) is 12.1 Å². The predicted molar refractivity (Wildman–Crippen MR) is 69.9 cm³/mol. The maximum absolute atomic E-state index is 12.6. The van der Waals surface area contributed by atoms with Crippen molar-refractivity contribution in [3.63, 3.8) is 0 Å². The van der Waals surface area contributed by atoms with Crippen LogP contribution in [-0.4, -0.2) is 58.3 Å². The zero-order valence-corrected chi connectivity index (χ0v) is 12.2. The lowest BCUT2D eigenvalue weighted by molar-refractivity contribution is -0.150. The first kappa shape index (κ1) is 17.6. The van der Waals surface area contributed by atoms with E-state index in [1.54, 1.807) is 13.8 Å². The van der Waals surface area contributed by atoms with Crippen molar-refractivity contribution in [2.75, 3.05) is 19.6 Å². The highest BCUT2D eigenvalue weighted by atomic mass is 19.4. The van der Waals surface area contributed by atoms with E-state index in [1.165, 1.54) is 0 Å². The Morgan fingerprint density at radius 1 is 1.33 bits per heavy atom. The van der Waals surface area contributed by atoms with E-state index in [0.717, 1.165) is 4.90 Å². The molecule has 1 aliphatic rings. The molecule has 0 aromatic carbocycles. The number of hydrogen-bond donors (Lipinski definition) is 1. The first-order valence-corrected chi connectivity index (χ1v) is 7.04. The number of carbonyl (C=O) groups excluding carboxylic acids is 1. The van der Waals surface area contributed by atoms with Crippen molar-refractivity contribution in [2.45, 2.75) is 51.2 Å². The molecule has 1 aliphatic heterocycles. The summed E-state index contributed by atoms with van der Waals surface area (Å²) in [6.07, 6.45) is -3.18. The molecule has 0 aromatic rings. The Hall–Kier alpha value is -1.47. The van der Waals surface area contributed by atoms with Crippen molar-refractivity contribution >= 4 is 12.0 Å². The number of aliphatic carboxylic acids is 1. The van der Waals surface area contributed by atoms with Crippen LogP contribution in [0.4, 0.5) is 18.0 Å². The minimum Gasteiger partial charge on any atom is -0.479 e. The molecule has 122 valence electrons. The smallest absolute Gasteiger partial charge is 0.406 e. The van der Waals surface area contributed by atoms with Gasteiger partial charge in [-0.25, -0.2) is 9.59 Å². The maximum Gasteiger partial charge on any atom is 0.406 e. The summed E-state index contributed by atoms with van der Waals surface area (Å²) in [5, 5.41) is 9.39. The van der Waals surface area contributed by atoms with Crippen LogP contribution >= 0.6 is 0 Å². The van der Waals surface area contributed by atoms with Gasteiger partial charge in [0.2, 0.25) is 0 Å². The molecule has 1 atom stereocenters. The third kappa shape index (κ3) is 3.79. The second-order valence-corrected chi connectivity index (χ2v) is 5.26. The van der Waals surface area contributed by atoms with Gasteiger partial charge >= 0.3 is 18.2 Å². The zero-order valence-electron chi connectivity index (χ0n) is 12.2. The monoisotopic (exact) mass is 310 g/mol. The molecule has 1 fully saturated rings. The summed E-state index contributed by atoms with van der Waals surface area (Å²) in [4.78, 5) is 25.7. The molecular weight excluding hydrogens is 289 g/mol. The van der Waals surface area contributed by atoms with Gasteiger partial charge in [0.05, 0.1) is 0 Å². The number of rotatable bonds is 5. The molecule has 5 nitrogen and oxygen atoms in total. The number of hydrogen-bond acceptors (Lipinski definition) is 2. The van der Waals surface area contributed by atoms with E-state index in [0.29, 0.717) is 17.7 Å². The molecule has 1 rings (SSSR count). The highest BCUT2D eigenvalue weighted by Gasteiger charge is 2.50. The third-order valence-electron chi connectivity index (χ3n) is 3.84. The Labute approximate surface area is 121 Å². The fraction of sp³-hybridized carbons (Fsp3) is 0.846.